The molecule has 0 spiro atoms. The molecule has 0 aliphatic carbocycles. The number of nitrogens with zero attached hydrogens (tertiary/aromatic N) is 3. The summed E-state index contributed by atoms with van der Waals surface area (Å²) in [4.78, 5) is 24.1. The van der Waals surface area contributed by atoms with Crippen molar-refractivity contribution < 1.29 is 0 Å². The molecular formula is C12H18N4OS. The third kappa shape index (κ3) is 2.14. The van der Waals surface area contributed by atoms with Crippen molar-refractivity contribution in [2.45, 2.75) is 18.4 Å². The smallest absolute Gasteiger partial charge is 0.256 e. The third-order valence-electron chi connectivity index (χ3n) is 3.69. The van der Waals surface area contributed by atoms with E-state index in [4.69, 9.17) is 0 Å². The minimum atomic E-state index is 0.0536. The molecule has 0 amide bonds. The summed E-state index contributed by atoms with van der Waals surface area (Å²) in [7, 11) is 0. The number of H-pyrrole nitrogens is 1. The van der Waals surface area contributed by atoms with E-state index in [-0.39, 0.29) is 5.56 Å². The van der Waals surface area contributed by atoms with Crippen LogP contribution in [0.1, 0.15) is 18.2 Å². The SMILES string of the molecule is CCN1CCN(c2nc3c(c(=O)[nH]2)CSC3)CC1. The topological polar surface area (TPSA) is 52.2 Å². The highest BCUT2D eigenvalue weighted by molar-refractivity contribution is 7.98. The molecule has 98 valence electrons. The van der Waals surface area contributed by atoms with Gasteiger partial charge in [0.15, 0.2) is 0 Å². The first-order valence-corrected chi connectivity index (χ1v) is 7.60. The molecule has 0 aromatic carbocycles. The van der Waals surface area contributed by atoms with Gasteiger partial charge in [-0.1, -0.05) is 6.92 Å². The molecule has 0 atom stereocenters. The highest BCUT2D eigenvalue weighted by atomic mass is 32.2. The maximum atomic E-state index is 11.9. The molecule has 5 nitrogen and oxygen atoms in total. The fraction of sp³-hybridized carbons (Fsp3) is 0.667. The van der Waals surface area contributed by atoms with Crippen LogP contribution < -0.4 is 10.5 Å². The molecule has 0 saturated carbocycles. The number of nitrogens with one attached hydrogen (secondary N) is 1. The Balaban J connectivity index is 1.81. The van der Waals surface area contributed by atoms with Gasteiger partial charge in [-0.2, -0.15) is 11.8 Å². The summed E-state index contributed by atoms with van der Waals surface area (Å²) < 4.78 is 0. The molecular weight excluding hydrogens is 248 g/mol. The van der Waals surface area contributed by atoms with E-state index in [1.807, 2.05) is 0 Å². The fourth-order valence-electron chi connectivity index (χ4n) is 2.47. The van der Waals surface area contributed by atoms with E-state index in [0.717, 1.165) is 61.4 Å². The van der Waals surface area contributed by atoms with Crippen molar-refractivity contribution in [2.24, 2.45) is 0 Å². The Morgan fingerprint density at radius 3 is 2.78 bits per heavy atom. The molecule has 0 unspecified atom stereocenters. The van der Waals surface area contributed by atoms with Crippen LogP contribution in [0.15, 0.2) is 4.79 Å². The van der Waals surface area contributed by atoms with E-state index >= 15 is 0 Å². The predicted octanol–water partition coefficient (Wildman–Crippen LogP) is 0.659. The second kappa shape index (κ2) is 4.93. The number of thioether (sulfide) groups is 1. The van der Waals surface area contributed by atoms with Crippen LogP contribution in [0.4, 0.5) is 5.95 Å². The lowest BCUT2D eigenvalue weighted by atomic mass is 10.3. The molecule has 1 fully saturated rings. The number of hydrogen-bond donors (Lipinski definition) is 1. The number of rotatable bonds is 2. The summed E-state index contributed by atoms with van der Waals surface area (Å²) in [6.07, 6.45) is 0. The summed E-state index contributed by atoms with van der Waals surface area (Å²) in [6, 6.07) is 0. The molecule has 2 aliphatic rings. The number of likely N-dealkylation sites (N-methyl/N-ethyl adjacent to an activating group) is 1. The lowest BCUT2D eigenvalue weighted by Gasteiger charge is -2.34. The first-order chi connectivity index (χ1) is 8.78. The van der Waals surface area contributed by atoms with E-state index in [2.05, 4.69) is 26.7 Å². The van der Waals surface area contributed by atoms with Gasteiger partial charge in [0.2, 0.25) is 5.95 Å². The van der Waals surface area contributed by atoms with Gasteiger partial charge in [0, 0.05) is 43.2 Å². The Kier molecular flexibility index (Phi) is 3.30. The van der Waals surface area contributed by atoms with Gasteiger partial charge in [-0.05, 0) is 6.54 Å². The molecule has 3 heterocycles. The zero-order valence-corrected chi connectivity index (χ0v) is 11.4. The number of anilines is 1. The quantitative estimate of drug-likeness (QED) is 0.852. The molecule has 1 saturated heterocycles. The molecule has 0 radical (unpaired) electrons. The summed E-state index contributed by atoms with van der Waals surface area (Å²) in [5.41, 5.74) is 1.91. The largest absolute Gasteiger partial charge is 0.340 e. The first-order valence-electron chi connectivity index (χ1n) is 6.45. The number of aromatic nitrogens is 2. The second-order valence-electron chi connectivity index (χ2n) is 4.73. The second-order valence-corrected chi connectivity index (χ2v) is 5.71. The third-order valence-corrected chi connectivity index (χ3v) is 4.66. The van der Waals surface area contributed by atoms with Gasteiger partial charge in [0.1, 0.15) is 0 Å². The van der Waals surface area contributed by atoms with E-state index in [1.165, 1.54) is 0 Å². The lowest BCUT2D eigenvalue weighted by molar-refractivity contribution is 0.270. The van der Waals surface area contributed by atoms with Crippen LogP contribution >= 0.6 is 11.8 Å². The number of fused-ring (bicyclic) bond motifs is 1. The number of aromatic amines is 1. The van der Waals surface area contributed by atoms with Crippen molar-refractivity contribution in [1.29, 1.82) is 0 Å². The van der Waals surface area contributed by atoms with Gasteiger partial charge in [-0.15, -0.1) is 0 Å². The van der Waals surface area contributed by atoms with Crippen LogP contribution in [-0.4, -0.2) is 47.6 Å². The van der Waals surface area contributed by atoms with Crippen molar-refractivity contribution in [3.05, 3.63) is 21.6 Å². The Bertz CT molecular complexity index is 493. The van der Waals surface area contributed by atoms with E-state index in [1.54, 1.807) is 11.8 Å². The highest BCUT2D eigenvalue weighted by Gasteiger charge is 2.22. The fourth-order valence-corrected chi connectivity index (χ4v) is 3.51. The molecule has 6 heteroatoms. The minimum absolute atomic E-state index is 0.0536. The van der Waals surface area contributed by atoms with Crippen LogP contribution in [0.3, 0.4) is 0 Å². The first kappa shape index (κ1) is 12.0. The molecule has 1 aromatic rings. The van der Waals surface area contributed by atoms with Crippen molar-refractivity contribution in [3.8, 4) is 0 Å². The van der Waals surface area contributed by atoms with Gasteiger partial charge in [0.05, 0.1) is 5.69 Å². The maximum absolute atomic E-state index is 11.9. The zero-order chi connectivity index (χ0) is 12.5. The van der Waals surface area contributed by atoms with Crippen molar-refractivity contribution in [3.63, 3.8) is 0 Å². The van der Waals surface area contributed by atoms with Gasteiger partial charge >= 0.3 is 0 Å². The average molecular weight is 266 g/mol. The number of hydrogen-bond acceptors (Lipinski definition) is 5. The lowest BCUT2D eigenvalue weighted by Crippen LogP contribution is -2.47. The van der Waals surface area contributed by atoms with Crippen molar-refractivity contribution in [1.82, 2.24) is 14.9 Å². The summed E-state index contributed by atoms with van der Waals surface area (Å²) in [5, 5.41) is 0. The molecule has 0 bridgehead atoms. The molecule has 18 heavy (non-hydrogen) atoms. The van der Waals surface area contributed by atoms with Crippen molar-refractivity contribution >= 4 is 17.7 Å². The van der Waals surface area contributed by atoms with Gasteiger partial charge in [-0.25, -0.2) is 4.98 Å². The van der Waals surface area contributed by atoms with E-state index < -0.39 is 0 Å². The summed E-state index contributed by atoms with van der Waals surface area (Å²) >= 11 is 1.77. The minimum Gasteiger partial charge on any atom is -0.340 e. The Hall–Kier alpha value is -1.01. The monoisotopic (exact) mass is 266 g/mol. The number of piperazine rings is 1. The van der Waals surface area contributed by atoms with Crippen LogP contribution in [0.25, 0.3) is 0 Å². The van der Waals surface area contributed by atoms with Gasteiger partial charge < -0.3 is 9.80 Å². The van der Waals surface area contributed by atoms with Gasteiger partial charge in [-0.3, -0.25) is 9.78 Å². The summed E-state index contributed by atoms with van der Waals surface area (Å²) in [5.74, 6) is 2.44. The molecule has 3 rings (SSSR count). The van der Waals surface area contributed by atoms with Crippen LogP contribution in [0, 0.1) is 0 Å². The zero-order valence-electron chi connectivity index (χ0n) is 10.6. The molecule has 1 N–H and O–H groups in total. The highest BCUT2D eigenvalue weighted by Crippen LogP contribution is 2.26. The van der Waals surface area contributed by atoms with E-state index in [9.17, 15) is 4.79 Å². The van der Waals surface area contributed by atoms with Crippen LogP contribution in [0.5, 0.6) is 0 Å². The average Bonchev–Trinajstić information content (AvgIpc) is 2.88. The van der Waals surface area contributed by atoms with Crippen molar-refractivity contribution in [2.75, 3.05) is 37.6 Å². The Labute approximate surface area is 111 Å². The van der Waals surface area contributed by atoms with Crippen LogP contribution in [0.2, 0.25) is 0 Å². The normalized spacial score (nSPS) is 20.2. The molecule has 2 aliphatic heterocycles. The summed E-state index contributed by atoms with van der Waals surface area (Å²) in [6.45, 7) is 7.27. The predicted molar refractivity (Wildman–Crippen MR) is 74.2 cm³/mol. The maximum Gasteiger partial charge on any atom is 0.256 e. The van der Waals surface area contributed by atoms with E-state index in [0.29, 0.717) is 0 Å². The Morgan fingerprint density at radius 2 is 2.06 bits per heavy atom. The van der Waals surface area contributed by atoms with Gasteiger partial charge in [0.25, 0.3) is 5.56 Å². The van der Waals surface area contributed by atoms with Crippen LogP contribution in [-0.2, 0) is 11.5 Å². The standard InChI is InChI=1S/C12H18N4OS/c1-2-15-3-5-16(6-4-15)12-13-10-8-18-7-9(10)11(17)14-12/h2-8H2,1H3,(H,13,14,17). The molecule has 1 aromatic heterocycles. The Morgan fingerprint density at radius 1 is 1.28 bits per heavy atom.